The molecule has 0 aliphatic carbocycles. The molecule has 0 aromatic heterocycles. The van der Waals surface area contributed by atoms with Crippen LogP contribution in [0, 0.1) is 5.92 Å². The van der Waals surface area contributed by atoms with Crippen LogP contribution in [0.25, 0.3) is 0 Å². The molecule has 0 saturated carbocycles. The summed E-state index contributed by atoms with van der Waals surface area (Å²) in [5.41, 5.74) is 5.47. The van der Waals surface area contributed by atoms with Gasteiger partial charge in [-0.15, -0.1) is 0 Å². The molecular weight excluding hydrogens is 270 g/mol. The second-order valence-corrected chi connectivity index (χ2v) is 7.38. The molecule has 0 aromatic rings. The van der Waals surface area contributed by atoms with E-state index in [1.54, 1.807) is 6.92 Å². The zero-order valence-electron chi connectivity index (χ0n) is 11.1. The zero-order valence-corrected chi connectivity index (χ0v) is 12.7. The number of nitrogens with one attached hydrogen (secondary N) is 1. The quantitative estimate of drug-likeness (QED) is 0.690. The third-order valence-corrected chi connectivity index (χ3v) is 5.70. The normalized spacial score (nSPS) is 23.8. The van der Waals surface area contributed by atoms with E-state index in [1.807, 2.05) is 0 Å². The maximum absolute atomic E-state index is 12.0. The molecule has 1 aliphatic rings. The molecule has 1 fully saturated rings. The highest BCUT2D eigenvalue weighted by atomic mass is 32.2. The van der Waals surface area contributed by atoms with Crippen LogP contribution in [0.2, 0.25) is 0 Å². The minimum absolute atomic E-state index is 0.0470. The molecule has 18 heavy (non-hydrogen) atoms. The molecular formula is C11H23N3O2S2. The van der Waals surface area contributed by atoms with Crippen molar-refractivity contribution >= 4 is 27.2 Å². The summed E-state index contributed by atoms with van der Waals surface area (Å²) in [4.78, 5) is 2.28. The molecule has 0 radical (unpaired) electrons. The molecule has 3 N–H and O–H groups in total. The highest BCUT2D eigenvalue weighted by Gasteiger charge is 2.27. The van der Waals surface area contributed by atoms with E-state index in [4.69, 9.17) is 18.0 Å². The van der Waals surface area contributed by atoms with E-state index in [0.29, 0.717) is 18.9 Å². The SMILES string of the molecule is CCC(C(N)=S)S(=O)(=O)NCC1CCCN(C)C1. The number of nitrogens with zero attached hydrogens (tertiary/aromatic N) is 1. The van der Waals surface area contributed by atoms with Crippen LogP contribution < -0.4 is 10.5 Å². The molecule has 1 heterocycles. The van der Waals surface area contributed by atoms with E-state index in [9.17, 15) is 8.42 Å². The summed E-state index contributed by atoms with van der Waals surface area (Å²) < 4.78 is 26.7. The number of piperidine rings is 1. The van der Waals surface area contributed by atoms with Crippen molar-refractivity contribution in [2.75, 3.05) is 26.7 Å². The van der Waals surface area contributed by atoms with E-state index >= 15 is 0 Å². The lowest BCUT2D eigenvalue weighted by molar-refractivity contribution is 0.211. The van der Waals surface area contributed by atoms with Crippen molar-refractivity contribution in [1.82, 2.24) is 9.62 Å². The van der Waals surface area contributed by atoms with Gasteiger partial charge in [0.25, 0.3) is 0 Å². The Labute approximate surface area is 115 Å². The van der Waals surface area contributed by atoms with Crippen LogP contribution in [0.5, 0.6) is 0 Å². The van der Waals surface area contributed by atoms with Crippen molar-refractivity contribution in [3.63, 3.8) is 0 Å². The van der Waals surface area contributed by atoms with Gasteiger partial charge in [-0.2, -0.15) is 0 Å². The van der Waals surface area contributed by atoms with E-state index in [2.05, 4.69) is 16.7 Å². The number of hydrogen-bond donors (Lipinski definition) is 2. The van der Waals surface area contributed by atoms with Gasteiger partial charge in [-0.05, 0) is 38.8 Å². The van der Waals surface area contributed by atoms with Crippen molar-refractivity contribution in [2.24, 2.45) is 11.7 Å². The van der Waals surface area contributed by atoms with E-state index in [-0.39, 0.29) is 4.99 Å². The molecule has 2 unspecified atom stereocenters. The van der Waals surface area contributed by atoms with Gasteiger partial charge >= 0.3 is 0 Å². The molecule has 7 heteroatoms. The predicted molar refractivity (Wildman–Crippen MR) is 78.0 cm³/mol. The first-order valence-electron chi connectivity index (χ1n) is 6.33. The molecule has 1 aliphatic heterocycles. The summed E-state index contributed by atoms with van der Waals surface area (Å²) in [6.07, 6.45) is 2.60. The van der Waals surface area contributed by atoms with Gasteiger partial charge in [-0.25, -0.2) is 13.1 Å². The molecule has 0 spiro atoms. The summed E-state index contributed by atoms with van der Waals surface area (Å²) >= 11 is 4.80. The van der Waals surface area contributed by atoms with Crippen molar-refractivity contribution in [3.05, 3.63) is 0 Å². The third-order valence-electron chi connectivity index (χ3n) is 3.36. The minimum atomic E-state index is -3.42. The Kier molecular flexibility index (Phi) is 5.97. The highest BCUT2D eigenvalue weighted by Crippen LogP contribution is 2.15. The van der Waals surface area contributed by atoms with E-state index < -0.39 is 15.3 Å². The summed E-state index contributed by atoms with van der Waals surface area (Å²) in [6, 6.07) is 0. The largest absolute Gasteiger partial charge is 0.392 e. The van der Waals surface area contributed by atoms with Crippen molar-refractivity contribution in [2.45, 2.75) is 31.4 Å². The molecule has 1 saturated heterocycles. The lowest BCUT2D eigenvalue weighted by Gasteiger charge is -2.30. The van der Waals surface area contributed by atoms with Crippen LogP contribution >= 0.6 is 12.2 Å². The number of sulfonamides is 1. The fourth-order valence-electron chi connectivity index (χ4n) is 2.35. The van der Waals surface area contributed by atoms with Gasteiger partial charge in [0.15, 0.2) is 0 Å². The monoisotopic (exact) mass is 293 g/mol. The van der Waals surface area contributed by atoms with Crippen molar-refractivity contribution in [1.29, 1.82) is 0 Å². The first kappa shape index (κ1) is 15.8. The number of rotatable bonds is 6. The minimum Gasteiger partial charge on any atom is -0.392 e. The Morgan fingerprint density at radius 3 is 2.78 bits per heavy atom. The first-order valence-corrected chi connectivity index (χ1v) is 8.28. The van der Waals surface area contributed by atoms with Gasteiger partial charge < -0.3 is 10.6 Å². The zero-order chi connectivity index (χ0) is 13.8. The van der Waals surface area contributed by atoms with Crippen LogP contribution in [-0.4, -0.2) is 50.2 Å². The topological polar surface area (TPSA) is 75.4 Å². The Morgan fingerprint density at radius 1 is 1.61 bits per heavy atom. The fraction of sp³-hybridized carbons (Fsp3) is 0.909. The van der Waals surface area contributed by atoms with E-state index in [1.165, 1.54) is 0 Å². The van der Waals surface area contributed by atoms with Crippen LogP contribution in [0.15, 0.2) is 0 Å². The molecule has 2 atom stereocenters. The Balaban J connectivity index is 2.53. The summed E-state index contributed by atoms with van der Waals surface area (Å²) in [5, 5.41) is -0.756. The van der Waals surface area contributed by atoms with Crippen molar-refractivity contribution in [3.8, 4) is 0 Å². The number of hydrogen-bond acceptors (Lipinski definition) is 4. The molecule has 5 nitrogen and oxygen atoms in total. The standard InChI is InChI=1S/C11H23N3O2S2/c1-3-10(11(12)17)18(15,16)13-7-9-5-4-6-14(2)8-9/h9-10,13H,3-8H2,1-2H3,(H2,12,17). The number of likely N-dealkylation sites (tertiary alicyclic amines) is 1. The highest BCUT2D eigenvalue weighted by molar-refractivity contribution is 7.93. The van der Waals surface area contributed by atoms with Crippen LogP contribution in [0.4, 0.5) is 0 Å². The van der Waals surface area contributed by atoms with Gasteiger partial charge in [0, 0.05) is 13.1 Å². The van der Waals surface area contributed by atoms with Gasteiger partial charge in [-0.1, -0.05) is 19.1 Å². The van der Waals surface area contributed by atoms with Crippen LogP contribution in [0.1, 0.15) is 26.2 Å². The average Bonchev–Trinajstić information content (AvgIpc) is 2.26. The summed E-state index contributed by atoms with van der Waals surface area (Å²) in [6.45, 7) is 4.28. The van der Waals surface area contributed by atoms with Crippen molar-refractivity contribution < 1.29 is 8.42 Å². The maximum Gasteiger partial charge on any atom is 0.221 e. The Morgan fingerprint density at radius 2 is 2.28 bits per heavy atom. The van der Waals surface area contributed by atoms with Gasteiger partial charge in [0.1, 0.15) is 5.25 Å². The Hall–Kier alpha value is -0.240. The molecule has 0 bridgehead atoms. The third kappa shape index (κ3) is 4.46. The van der Waals surface area contributed by atoms with Gasteiger partial charge in [0.2, 0.25) is 10.0 Å². The van der Waals surface area contributed by atoms with Crippen LogP contribution in [-0.2, 0) is 10.0 Å². The maximum atomic E-state index is 12.0. The second kappa shape index (κ2) is 6.79. The molecule has 106 valence electrons. The molecule has 0 amide bonds. The van der Waals surface area contributed by atoms with Crippen LogP contribution in [0.3, 0.4) is 0 Å². The molecule has 0 aromatic carbocycles. The lowest BCUT2D eigenvalue weighted by atomic mass is 9.99. The summed E-state index contributed by atoms with van der Waals surface area (Å²) in [5.74, 6) is 0.377. The lowest BCUT2D eigenvalue weighted by Crippen LogP contribution is -2.45. The van der Waals surface area contributed by atoms with Gasteiger partial charge in [-0.3, -0.25) is 0 Å². The average molecular weight is 293 g/mol. The predicted octanol–water partition coefficient (Wildman–Crippen LogP) is 0.312. The second-order valence-electron chi connectivity index (χ2n) is 4.96. The van der Waals surface area contributed by atoms with Gasteiger partial charge in [0.05, 0.1) is 4.99 Å². The van der Waals surface area contributed by atoms with E-state index in [0.717, 1.165) is 25.9 Å². The number of nitrogens with two attached hydrogens (primary N) is 1. The fourth-order valence-corrected chi connectivity index (χ4v) is 4.31. The first-order chi connectivity index (χ1) is 8.36. The summed E-state index contributed by atoms with van der Waals surface area (Å²) in [7, 11) is -1.36. The smallest absolute Gasteiger partial charge is 0.221 e. The Bertz CT molecular complexity index is 384. The molecule has 1 rings (SSSR count). The number of thiocarbonyl (C=S) groups is 1.